The van der Waals surface area contributed by atoms with Crippen LogP contribution in [0.2, 0.25) is 0 Å². The van der Waals surface area contributed by atoms with Crippen LogP contribution in [0.3, 0.4) is 0 Å². The van der Waals surface area contributed by atoms with E-state index in [1.807, 2.05) is 30.3 Å². The summed E-state index contributed by atoms with van der Waals surface area (Å²) in [6.07, 6.45) is 0.825. The van der Waals surface area contributed by atoms with Crippen molar-refractivity contribution in [3.8, 4) is 5.75 Å². The highest BCUT2D eigenvalue weighted by atomic mass is 19.1. The summed E-state index contributed by atoms with van der Waals surface area (Å²) in [5, 5.41) is 9.05. The van der Waals surface area contributed by atoms with Crippen LogP contribution in [0.25, 0.3) is 0 Å². The summed E-state index contributed by atoms with van der Waals surface area (Å²) in [7, 11) is 1.68. The Morgan fingerprint density at radius 1 is 1.04 bits per heavy atom. The number of aryl methyl sites for hydroxylation is 1. The highest BCUT2D eigenvalue weighted by Gasteiger charge is 2.07. The predicted molar refractivity (Wildman–Crippen MR) is 109 cm³/mol. The van der Waals surface area contributed by atoms with E-state index in [2.05, 4.69) is 20.9 Å². The van der Waals surface area contributed by atoms with E-state index >= 15 is 0 Å². The Bertz CT molecular complexity index is 781. The van der Waals surface area contributed by atoms with Crippen molar-refractivity contribution in [1.82, 2.24) is 16.0 Å². The third-order valence-electron chi connectivity index (χ3n) is 3.99. The molecule has 0 saturated heterocycles. The fourth-order valence-corrected chi connectivity index (χ4v) is 2.40. The molecule has 0 saturated carbocycles. The first kappa shape index (κ1) is 21.2. The number of hydrogen-bond donors (Lipinski definition) is 3. The molecule has 1 amide bonds. The molecule has 6 nitrogen and oxygen atoms in total. The number of amides is 1. The van der Waals surface area contributed by atoms with E-state index in [4.69, 9.17) is 4.74 Å². The van der Waals surface area contributed by atoms with Crippen LogP contribution in [0.5, 0.6) is 5.75 Å². The van der Waals surface area contributed by atoms with Crippen molar-refractivity contribution < 1.29 is 13.9 Å². The maximum atomic E-state index is 13.5. The van der Waals surface area contributed by atoms with Gasteiger partial charge in [0.15, 0.2) is 5.96 Å². The molecule has 2 aromatic carbocycles. The van der Waals surface area contributed by atoms with E-state index in [-0.39, 0.29) is 11.7 Å². The lowest BCUT2D eigenvalue weighted by Crippen LogP contribution is -2.42. The number of nitrogens with one attached hydrogen (secondary N) is 3. The third-order valence-corrected chi connectivity index (χ3v) is 3.99. The topological polar surface area (TPSA) is 74.8 Å². The standard InChI is InChI=1S/C21H27FN4O2/c1-16-9-10-17(15-19(16)22)20(27)24-12-13-26-21(23-2)25-11-6-14-28-18-7-4-3-5-8-18/h3-5,7-10,15H,6,11-14H2,1-2H3,(H,24,27)(H2,23,25,26). The van der Waals surface area contributed by atoms with E-state index in [0.29, 0.717) is 43.3 Å². The second-order valence-electron chi connectivity index (χ2n) is 6.16. The Hall–Kier alpha value is -3.09. The van der Waals surface area contributed by atoms with Gasteiger partial charge in [0.05, 0.1) is 6.61 Å². The first-order valence-corrected chi connectivity index (χ1v) is 9.27. The lowest BCUT2D eigenvalue weighted by Gasteiger charge is -2.13. The molecule has 0 atom stereocenters. The number of aliphatic imine (C=N–C) groups is 1. The summed E-state index contributed by atoms with van der Waals surface area (Å²) in [6, 6.07) is 14.1. The molecule has 0 aromatic heterocycles. The highest BCUT2D eigenvalue weighted by Crippen LogP contribution is 2.09. The number of halogens is 1. The van der Waals surface area contributed by atoms with Crippen molar-refractivity contribution in [2.75, 3.05) is 33.3 Å². The number of para-hydroxylation sites is 1. The molecule has 0 radical (unpaired) electrons. The number of hydrogen-bond acceptors (Lipinski definition) is 3. The van der Waals surface area contributed by atoms with Crippen molar-refractivity contribution in [2.45, 2.75) is 13.3 Å². The molecule has 0 fully saturated rings. The summed E-state index contributed by atoms with van der Waals surface area (Å²) in [4.78, 5) is 16.1. The molecule has 0 bridgehead atoms. The molecule has 2 aromatic rings. The SMILES string of the molecule is CN=C(NCCCOc1ccccc1)NCCNC(=O)c1ccc(C)c(F)c1. The first-order valence-electron chi connectivity index (χ1n) is 9.27. The molecule has 0 aliphatic carbocycles. The van der Waals surface area contributed by atoms with Crippen molar-refractivity contribution in [3.63, 3.8) is 0 Å². The van der Waals surface area contributed by atoms with Crippen LogP contribution >= 0.6 is 0 Å². The molecule has 0 spiro atoms. The van der Waals surface area contributed by atoms with E-state index in [9.17, 15) is 9.18 Å². The Morgan fingerprint density at radius 2 is 1.75 bits per heavy atom. The van der Waals surface area contributed by atoms with Gasteiger partial charge in [0, 0.05) is 32.2 Å². The van der Waals surface area contributed by atoms with Crippen molar-refractivity contribution in [1.29, 1.82) is 0 Å². The Kier molecular flexibility index (Phi) is 8.78. The van der Waals surface area contributed by atoms with Gasteiger partial charge in [0.2, 0.25) is 0 Å². The summed E-state index contributed by atoms with van der Waals surface area (Å²) < 4.78 is 19.2. The molecule has 2 rings (SSSR count). The number of rotatable bonds is 9. The zero-order valence-corrected chi connectivity index (χ0v) is 16.3. The van der Waals surface area contributed by atoms with Crippen LogP contribution in [0.1, 0.15) is 22.3 Å². The molecular formula is C21H27FN4O2. The van der Waals surface area contributed by atoms with E-state index < -0.39 is 0 Å². The lowest BCUT2D eigenvalue weighted by atomic mass is 10.1. The summed E-state index contributed by atoms with van der Waals surface area (Å²) >= 11 is 0. The Labute approximate surface area is 165 Å². The summed E-state index contributed by atoms with van der Waals surface area (Å²) in [5.41, 5.74) is 0.825. The van der Waals surface area contributed by atoms with Gasteiger partial charge < -0.3 is 20.7 Å². The molecule has 0 aliphatic heterocycles. The minimum Gasteiger partial charge on any atom is -0.494 e. The molecule has 150 valence electrons. The fourth-order valence-electron chi connectivity index (χ4n) is 2.40. The quantitative estimate of drug-likeness (QED) is 0.352. The van der Waals surface area contributed by atoms with Crippen LogP contribution in [0.4, 0.5) is 4.39 Å². The van der Waals surface area contributed by atoms with Crippen LogP contribution < -0.4 is 20.7 Å². The van der Waals surface area contributed by atoms with Gasteiger partial charge in [-0.3, -0.25) is 9.79 Å². The number of ether oxygens (including phenoxy) is 1. The lowest BCUT2D eigenvalue weighted by molar-refractivity contribution is 0.0954. The number of benzene rings is 2. The van der Waals surface area contributed by atoms with Gasteiger partial charge in [-0.1, -0.05) is 24.3 Å². The van der Waals surface area contributed by atoms with Gasteiger partial charge in [-0.25, -0.2) is 4.39 Å². The van der Waals surface area contributed by atoms with Crippen LogP contribution in [-0.4, -0.2) is 45.2 Å². The van der Waals surface area contributed by atoms with Gasteiger partial charge in [0.1, 0.15) is 11.6 Å². The number of carbonyl (C=O) groups is 1. The second-order valence-corrected chi connectivity index (χ2v) is 6.16. The molecule has 3 N–H and O–H groups in total. The van der Waals surface area contributed by atoms with E-state index in [0.717, 1.165) is 12.2 Å². The van der Waals surface area contributed by atoms with Crippen LogP contribution in [0, 0.1) is 12.7 Å². The molecule has 0 unspecified atom stereocenters. The average Bonchev–Trinajstić information content (AvgIpc) is 2.72. The highest BCUT2D eigenvalue weighted by molar-refractivity contribution is 5.94. The van der Waals surface area contributed by atoms with Crippen LogP contribution in [-0.2, 0) is 0 Å². The van der Waals surface area contributed by atoms with Gasteiger partial charge in [0.25, 0.3) is 5.91 Å². The minimum absolute atomic E-state index is 0.304. The largest absolute Gasteiger partial charge is 0.494 e. The van der Waals surface area contributed by atoms with Crippen LogP contribution in [0.15, 0.2) is 53.5 Å². The van der Waals surface area contributed by atoms with E-state index in [1.54, 1.807) is 26.1 Å². The van der Waals surface area contributed by atoms with E-state index in [1.165, 1.54) is 6.07 Å². The van der Waals surface area contributed by atoms with Gasteiger partial charge in [-0.05, 0) is 43.2 Å². The molecule has 7 heteroatoms. The summed E-state index contributed by atoms with van der Waals surface area (Å²) in [5.74, 6) is 0.817. The number of carbonyl (C=O) groups excluding carboxylic acids is 1. The molecular weight excluding hydrogens is 359 g/mol. The zero-order valence-electron chi connectivity index (χ0n) is 16.3. The average molecular weight is 386 g/mol. The monoisotopic (exact) mass is 386 g/mol. The van der Waals surface area contributed by atoms with Gasteiger partial charge >= 0.3 is 0 Å². The third kappa shape index (κ3) is 7.26. The van der Waals surface area contributed by atoms with Crippen molar-refractivity contribution in [2.24, 2.45) is 4.99 Å². The maximum absolute atomic E-state index is 13.5. The zero-order chi connectivity index (χ0) is 20.2. The van der Waals surface area contributed by atoms with Crippen molar-refractivity contribution in [3.05, 3.63) is 65.5 Å². The van der Waals surface area contributed by atoms with Gasteiger partial charge in [-0.15, -0.1) is 0 Å². The fraction of sp³-hybridized carbons (Fsp3) is 0.333. The predicted octanol–water partition coefficient (Wildman–Crippen LogP) is 2.50. The number of nitrogens with zero attached hydrogens (tertiary/aromatic N) is 1. The Balaban J connectivity index is 1.59. The van der Waals surface area contributed by atoms with Crippen molar-refractivity contribution >= 4 is 11.9 Å². The second kappa shape index (κ2) is 11.6. The Morgan fingerprint density at radius 3 is 2.46 bits per heavy atom. The van der Waals surface area contributed by atoms with Gasteiger partial charge in [-0.2, -0.15) is 0 Å². The first-order chi connectivity index (χ1) is 13.6. The maximum Gasteiger partial charge on any atom is 0.251 e. The molecule has 0 aliphatic rings. The molecule has 0 heterocycles. The smallest absolute Gasteiger partial charge is 0.251 e. The molecule has 28 heavy (non-hydrogen) atoms. The summed E-state index contributed by atoms with van der Waals surface area (Å²) in [6.45, 7) is 3.87. The normalized spacial score (nSPS) is 11.0. The number of guanidine groups is 1. The minimum atomic E-state index is -0.383.